The molecule has 116 valence electrons. The van der Waals surface area contributed by atoms with Gasteiger partial charge in [-0.2, -0.15) is 0 Å². The number of amides is 1. The van der Waals surface area contributed by atoms with Crippen LogP contribution in [0.2, 0.25) is 0 Å². The normalized spacial score (nSPS) is 21.7. The van der Waals surface area contributed by atoms with Gasteiger partial charge in [0.25, 0.3) is 5.91 Å². The van der Waals surface area contributed by atoms with Crippen LogP contribution >= 0.6 is 0 Å². The van der Waals surface area contributed by atoms with Gasteiger partial charge < -0.3 is 20.3 Å². The first kappa shape index (κ1) is 14.5. The minimum Gasteiger partial charge on any atom is -0.464 e. The zero-order chi connectivity index (χ0) is 15.7. The van der Waals surface area contributed by atoms with Gasteiger partial charge in [-0.15, -0.1) is 0 Å². The molecule has 1 aliphatic heterocycles. The van der Waals surface area contributed by atoms with E-state index in [0.717, 1.165) is 4.57 Å². The summed E-state index contributed by atoms with van der Waals surface area (Å²) < 4.78 is 6.07. The smallest absolute Gasteiger partial charge is 0.416 e. The number of hydrogen-bond acceptors (Lipinski definition) is 5. The van der Waals surface area contributed by atoms with Crippen molar-refractivity contribution in [3.8, 4) is 0 Å². The van der Waals surface area contributed by atoms with Crippen molar-refractivity contribution in [2.24, 2.45) is 0 Å². The Morgan fingerprint density at radius 2 is 2.27 bits per heavy atom. The molecule has 8 nitrogen and oxygen atoms in total. The highest BCUT2D eigenvalue weighted by molar-refractivity contribution is 6.07. The Hall–Kier alpha value is -2.45. The molecular formula is C14H15N3O5. The zero-order valence-corrected chi connectivity index (χ0v) is 11.6. The number of nitrogens with zero attached hydrogens (tertiary/aromatic N) is 2. The third-order valence-electron chi connectivity index (χ3n) is 3.65. The molecule has 0 bridgehead atoms. The molecule has 1 amide bonds. The molecule has 3 heterocycles. The second-order valence-corrected chi connectivity index (χ2v) is 5.08. The van der Waals surface area contributed by atoms with Crippen molar-refractivity contribution in [3.05, 3.63) is 30.1 Å². The van der Waals surface area contributed by atoms with Gasteiger partial charge in [-0.3, -0.25) is 14.3 Å². The molecule has 1 saturated heterocycles. The summed E-state index contributed by atoms with van der Waals surface area (Å²) in [6, 6.07) is 2.76. The van der Waals surface area contributed by atoms with Gasteiger partial charge in [0.1, 0.15) is 5.52 Å². The first-order chi connectivity index (χ1) is 10.6. The SMILES string of the molecule is O=C(NC1CCOCC1O)c1cn(C(=O)O)c2cccnc12. The molecule has 2 aromatic rings. The van der Waals surface area contributed by atoms with Gasteiger partial charge in [0.15, 0.2) is 0 Å². The van der Waals surface area contributed by atoms with Crippen LogP contribution in [0.25, 0.3) is 11.0 Å². The maximum atomic E-state index is 12.4. The van der Waals surface area contributed by atoms with Crippen molar-refractivity contribution in [1.29, 1.82) is 0 Å². The van der Waals surface area contributed by atoms with E-state index >= 15 is 0 Å². The molecule has 0 radical (unpaired) electrons. The predicted molar refractivity (Wildman–Crippen MR) is 75.9 cm³/mol. The molecular weight excluding hydrogens is 290 g/mol. The molecule has 22 heavy (non-hydrogen) atoms. The van der Waals surface area contributed by atoms with E-state index in [4.69, 9.17) is 4.74 Å². The average Bonchev–Trinajstić information content (AvgIpc) is 2.89. The second kappa shape index (κ2) is 5.74. The van der Waals surface area contributed by atoms with Crippen LogP contribution in [0.4, 0.5) is 4.79 Å². The molecule has 2 aromatic heterocycles. The molecule has 8 heteroatoms. The van der Waals surface area contributed by atoms with Crippen LogP contribution in [0.5, 0.6) is 0 Å². The Labute approximate surface area is 125 Å². The lowest BCUT2D eigenvalue weighted by molar-refractivity contribution is -0.0260. The van der Waals surface area contributed by atoms with Crippen LogP contribution in [0.15, 0.2) is 24.5 Å². The van der Waals surface area contributed by atoms with E-state index in [0.29, 0.717) is 24.1 Å². The molecule has 1 aliphatic rings. The fourth-order valence-electron chi connectivity index (χ4n) is 2.52. The van der Waals surface area contributed by atoms with Crippen LogP contribution in [-0.4, -0.2) is 57.1 Å². The molecule has 0 saturated carbocycles. The van der Waals surface area contributed by atoms with Crippen molar-refractivity contribution in [1.82, 2.24) is 14.9 Å². The van der Waals surface area contributed by atoms with Gasteiger partial charge in [-0.05, 0) is 18.6 Å². The number of hydrogen-bond donors (Lipinski definition) is 3. The Kier molecular flexibility index (Phi) is 3.78. The number of ether oxygens (including phenoxy) is 1. The van der Waals surface area contributed by atoms with E-state index in [9.17, 15) is 19.8 Å². The Morgan fingerprint density at radius 3 is 3.00 bits per heavy atom. The first-order valence-corrected chi connectivity index (χ1v) is 6.84. The molecule has 1 fully saturated rings. The zero-order valence-electron chi connectivity index (χ0n) is 11.6. The minimum absolute atomic E-state index is 0.164. The quantitative estimate of drug-likeness (QED) is 0.742. The second-order valence-electron chi connectivity index (χ2n) is 5.08. The predicted octanol–water partition coefficient (Wildman–Crippen LogP) is 0.442. The summed E-state index contributed by atoms with van der Waals surface area (Å²) in [6.45, 7) is 0.622. The number of pyridine rings is 1. The van der Waals surface area contributed by atoms with Crippen molar-refractivity contribution in [2.75, 3.05) is 13.2 Å². The van der Waals surface area contributed by atoms with Crippen molar-refractivity contribution >= 4 is 23.0 Å². The number of rotatable bonds is 2. The highest BCUT2D eigenvalue weighted by Gasteiger charge is 2.27. The summed E-state index contributed by atoms with van der Waals surface area (Å²) in [4.78, 5) is 27.7. The summed E-state index contributed by atoms with van der Waals surface area (Å²) >= 11 is 0. The Balaban J connectivity index is 1.92. The topological polar surface area (TPSA) is 114 Å². The number of carbonyl (C=O) groups excluding carboxylic acids is 1. The van der Waals surface area contributed by atoms with Crippen LogP contribution < -0.4 is 5.32 Å². The van der Waals surface area contributed by atoms with E-state index < -0.39 is 24.1 Å². The average molecular weight is 305 g/mol. The van der Waals surface area contributed by atoms with Gasteiger partial charge in [0, 0.05) is 19.0 Å². The third-order valence-corrected chi connectivity index (χ3v) is 3.65. The van der Waals surface area contributed by atoms with Crippen LogP contribution in [-0.2, 0) is 4.74 Å². The molecule has 2 atom stereocenters. The Bertz CT molecular complexity index is 726. The molecule has 0 aliphatic carbocycles. The number of fused-ring (bicyclic) bond motifs is 1. The number of aliphatic hydroxyl groups excluding tert-OH is 1. The van der Waals surface area contributed by atoms with E-state index in [1.54, 1.807) is 12.1 Å². The molecule has 3 rings (SSSR count). The maximum Gasteiger partial charge on any atom is 0.416 e. The fourth-order valence-corrected chi connectivity index (χ4v) is 2.52. The summed E-state index contributed by atoms with van der Waals surface area (Å²) in [7, 11) is 0. The fraction of sp³-hybridized carbons (Fsp3) is 0.357. The molecule has 0 spiro atoms. The van der Waals surface area contributed by atoms with E-state index in [1.807, 2.05) is 0 Å². The van der Waals surface area contributed by atoms with Crippen molar-refractivity contribution in [3.63, 3.8) is 0 Å². The number of carbonyl (C=O) groups is 2. The van der Waals surface area contributed by atoms with Crippen LogP contribution in [0.1, 0.15) is 16.8 Å². The summed E-state index contributed by atoms with van der Waals surface area (Å²) in [5.74, 6) is -0.463. The summed E-state index contributed by atoms with van der Waals surface area (Å²) in [5, 5.41) is 21.7. The number of aliphatic hydroxyl groups is 1. The summed E-state index contributed by atoms with van der Waals surface area (Å²) in [6.07, 6.45) is 1.26. The number of carboxylic acid groups (broad SMARTS) is 1. The highest BCUT2D eigenvalue weighted by atomic mass is 16.5. The van der Waals surface area contributed by atoms with Crippen LogP contribution in [0.3, 0.4) is 0 Å². The van der Waals surface area contributed by atoms with Crippen LogP contribution in [0, 0.1) is 0 Å². The molecule has 0 aromatic carbocycles. The largest absolute Gasteiger partial charge is 0.464 e. The van der Waals surface area contributed by atoms with Gasteiger partial charge in [-0.1, -0.05) is 0 Å². The number of aromatic nitrogens is 2. The lowest BCUT2D eigenvalue weighted by atomic mass is 10.1. The third kappa shape index (κ3) is 2.53. The highest BCUT2D eigenvalue weighted by Crippen LogP contribution is 2.19. The van der Waals surface area contributed by atoms with Crippen molar-refractivity contribution < 1.29 is 24.5 Å². The van der Waals surface area contributed by atoms with Gasteiger partial charge in [0.05, 0.1) is 29.8 Å². The minimum atomic E-state index is -1.19. The van der Waals surface area contributed by atoms with E-state index in [1.165, 1.54) is 12.4 Å². The van der Waals surface area contributed by atoms with Gasteiger partial charge >= 0.3 is 6.09 Å². The maximum absolute atomic E-state index is 12.4. The Morgan fingerprint density at radius 1 is 1.45 bits per heavy atom. The van der Waals surface area contributed by atoms with Crippen molar-refractivity contribution in [2.45, 2.75) is 18.6 Å². The molecule has 3 N–H and O–H groups in total. The van der Waals surface area contributed by atoms with E-state index in [-0.39, 0.29) is 12.2 Å². The summed E-state index contributed by atoms with van der Waals surface area (Å²) in [5.41, 5.74) is 0.813. The standard InChI is InChI=1S/C14H15N3O5/c18-11-7-22-5-3-9(11)16-13(19)8-6-17(14(20)21)10-2-1-4-15-12(8)10/h1-2,4,6,9,11,18H,3,5,7H2,(H,16,19)(H,20,21). The monoisotopic (exact) mass is 305 g/mol. The number of nitrogens with one attached hydrogen (secondary N) is 1. The first-order valence-electron chi connectivity index (χ1n) is 6.84. The lowest BCUT2D eigenvalue weighted by Crippen LogP contribution is -2.48. The molecule has 2 unspecified atom stereocenters. The van der Waals surface area contributed by atoms with Gasteiger partial charge in [-0.25, -0.2) is 4.79 Å². The lowest BCUT2D eigenvalue weighted by Gasteiger charge is -2.28. The van der Waals surface area contributed by atoms with Gasteiger partial charge in [0.2, 0.25) is 0 Å². The van der Waals surface area contributed by atoms with E-state index in [2.05, 4.69) is 10.3 Å².